The highest BCUT2D eigenvalue weighted by molar-refractivity contribution is 14.1. The molecular weight excluding hydrogens is 455 g/mol. The van der Waals surface area contributed by atoms with Gasteiger partial charge in [-0.1, -0.05) is 40.8 Å². The SMILES string of the molecule is COc1cc2c(cc1OCCCCI)NCC1Cc3ccccc3N1C2=O. The van der Waals surface area contributed by atoms with E-state index in [1.807, 2.05) is 35.2 Å². The van der Waals surface area contributed by atoms with E-state index in [0.29, 0.717) is 30.2 Å². The fourth-order valence-electron chi connectivity index (χ4n) is 3.79. The number of nitrogens with one attached hydrogen (secondary N) is 1. The van der Waals surface area contributed by atoms with E-state index >= 15 is 0 Å². The summed E-state index contributed by atoms with van der Waals surface area (Å²) in [6.07, 6.45) is 3.00. The number of rotatable bonds is 6. The van der Waals surface area contributed by atoms with Gasteiger partial charge in [0.25, 0.3) is 5.91 Å². The first-order valence-corrected chi connectivity index (χ1v) is 10.8. The summed E-state index contributed by atoms with van der Waals surface area (Å²) in [5.74, 6) is 1.30. The van der Waals surface area contributed by atoms with Gasteiger partial charge in [0.1, 0.15) is 0 Å². The summed E-state index contributed by atoms with van der Waals surface area (Å²) >= 11 is 2.37. The number of ether oxygens (including phenoxy) is 2. The molecule has 6 heteroatoms. The van der Waals surface area contributed by atoms with Crippen LogP contribution in [0.5, 0.6) is 11.5 Å². The Bertz CT molecular complexity index is 855. The molecule has 0 saturated carbocycles. The quantitative estimate of drug-likeness (QED) is 0.383. The lowest BCUT2D eigenvalue weighted by Gasteiger charge is -2.22. The van der Waals surface area contributed by atoms with Gasteiger partial charge in [-0.05, 0) is 41.4 Å². The molecule has 0 spiro atoms. The molecule has 0 aliphatic carbocycles. The summed E-state index contributed by atoms with van der Waals surface area (Å²) < 4.78 is 12.6. The normalized spacial score (nSPS) is 17.5. The van der Waals surface area contributed by atoms with Gasteiger partial charge in [0.2, 0.25) is 0 Å². The Hall–Kier alpha value is -1.96. The zero-order valence-electron chi connectivity index (χ0n) is 15.3. The number of hydrogen-bond donors (Lipinski definition) is 1. The number of methoxy groups -OCH3 is 1. The molecule has 1 N–H and O–H groups in total. The molecule has 2 aliphatic rings. The molecule has 27 heavy (non-hydrogen) atoms. The van der Waals surface area contributed by atoms with Crippen molar-refractivity contribution >= 4 is 39.9 Å². The molecule has 0 saturated heterocycles. The molecule has 0 radical (unpaired) electrons. The number of anilines is 2. The molecule has 5 nitrogen and oxygen atoms in total. The van der Waals surface area contributed by atoms with Crippen molar-refractivity contribution in [2.75, 3.05) is 34.9 Å². The van der Waals surface area contributed by atoms with Crippen LogP contribution >= 0.6 is 22.6 Å². The maximum absolute atomic E-state index is 13.3. The molecule has 4 rings (SSSR count). The Labute approximate surface area is 173 Å². The zero-order valence-corrected chi connectivity index (χ0v) is 17.5. The topological polar surface area (TPSA) is 50.8 Å². The van der Waals surface area contributed by atoms with Crippen LogP contribution in [0.4, 0.5) is 11.4 Å². The predicted molar refractivity (Wildman–Crippen MR) is 116 cm³/mol. The zero-order chi connectivity index (χ0) is 18.8. The Morgan fingerprint density at radius 3 is 2.89 bits per heavy atom. The lowest BCUT2D eigenvalue weighted by Crippen LogP contribution is -2.39. The van der Waals surface area contributed by atoms with Gasteiger partial charge in [-0.2, -0.15) is 0 Å². The van der Waals surface area contributed by atoms with Crippen molar-refractivity contribution in [3.8, 4) is 11.5 Å². The Morgan fingerprint density at radius 2 is 2.07 bits per heavy atom. The molecule has 1 atom stereocenters. The maximum atomic E-state index is 13.3. The first-order valence-electron chi connectivity index (χ1n) is 9.29. The van der Waals surface area contributed by atoms with Crippen LogP contribution in [0.2, 0.25) is 0 Å². The van der Waals surface area contributed by atoms with Crippen molar-refractivity contribution in [3.63, 3.8) is 0 Å². The molecule has 142 valence electrons. The molecule has 1 amide bonds. The summed E-state index contributed by atoms with van der Waals surface area (Å²) in [6.45, 7) is 1.36. The lowest BCUT2D eigenvalue weighted by molar-refractivity contribution is 0.0983. The van der Waals surface area contributed by atoms with E-state index < -0.39 is 0 Å². The van der Waals surface area contributed by atoms with E-state index in [1.165, 1.54) is 5.56 Å². The number of hydrogen-bond acceptors (Lipinski definition) is 4. The van der Waals surface area contributed by atoms with Gasteiger partial charge in [-0.3, -0.25) is 4.79 Å². The number of halogens is 1. The van der Waals surface area contributed by atoms with E-state index in [1.54, 1.807) is 7.11 Å². The highest BCUT2D eigenvalue weighted by Gasteiger charge is 2.37. The summed E-state index contributed by atoms with van der Waals surface area (Å²) in [5.41, 5.74) is 3.69. The van der Waals surface area contributed by atoms with Crippen LogP contribution < -0.4 is 19.7 Å². The van der Waals surface area contributed by atoms with Crippen molar-refractivity contribution in [1.82, 2.24) is 0 Å². The largest absolute Gasteiger partial charge is 0.493 e. The number of fused-ring (bicyclic) bond motifs is 4. The van der Waals surface area contributed by atoms with Crippen LogP contribution in [0.25, 0.3) is 0 Å². The number of carbonyl (C=O) groups excluding carboxylic acids is 1. The van der Waals surface area contributed by atoms with Gasteiger partial charge in [0.05, 0.1) is 31.0 Å². The molecule has 2 aromatic carbocycles. The summed E-state index contributed by atoms with van der Waals surface area (Å²) in [4.78, 5) is 15.3. The minimum Gasteiger partial charge on any atom is -0.493 e. The van der Waals surface area contributed by atoms with E-state index in [0.717, 1.165) is 35.1 Å². The summed E-state index contributed by atoms with van der Waals surface area (Å²) in [7, 11) is 1.61. The van der Waals surface area contributed by atoms with Crippen LogP contribution in [0.3, 0.4) is 0 Å². The van der Waals surface area contributed by atoms with Gasteiger partial charge in [0.15, 0.2) is 11.5 Å². The number of carbonyl (C=O) groups is 1. The highest BCUT2D eigenvalue weighted by atomic mass is 127. The lowest BCUT2D eigenvalue weighted by atomic mass is 10.1. The van der Waals surface area contributed by atoms with E-state index in [-0.39, 0.29) is 11.9 Å². The van der Waals surface area contributed by atoms with Crippen LogP contribution in [-0.4, -0.2) is 36.6 Å². The van der Waals surface area contributed by atoms with E-state index in [4.69, 9.17) is 9.47 Å². The summed E-state index contributed by atoms with van der Waals surface area (Å²) in [6, 6.07) is 12.0. The predicted octanol–water partition coefficient (Wildman–Crippen LogP) is 4.29. The van der Waals surface area contributed by atoms with E-state index in [9.17, 15) is 4.79 Å². The number of alkyl halides is 1. The van der Waals surface area contributed by atoms with Gasteiger partial charge in [-0.25, -0.2) is 0 Å². The standard InChI is InChI=1S/C21H23IN2O3/c1-26-19-11-16-17(12-20(19)27-9-5-4-8-22)23-13-15-10-14-6-2-3-7-18(14)24(15)21(16)25/h2-3,6-7,11-12,15,23H,4-5,8-10,13H2,1H3. The van der Waals surface area contributed by atoms with Gasteiger partial charge in [-0.15, -0.1) is 0 Å². The molecule has 1 unspecified atom stereocenters. The molecule has 2 heterocycles. The van der Waals surface area contributed by atoms with Crippen LogP contribution in [0, 0.1) is 0 Å². The minimum absolute atomic E-state index is 0.0136. The monoisotopic (exact) mass is 478 g/mol. The molecule has 2 aliphatic heterocycles. The minimum atomic E-state index is 0.0136. The van der Waals surface area contributed by atoms with Crippen molar-refractivity contribution in [1.29, 1.82) is 0 Å². The second-order valence-electron chi connectivity index (χ2n) is 6.84. The third-order valence-electron chi connectivity index (χ3n) is 5.14. The number of amides is 1. The number of nitrogens with zero attached hydrogens (tertiary/aromatic N) is 1. The van der Waals surface area contributed by atoms with Crippen LogP contribution in [0.1, 0.15) is 28.8 Å². The third kappa shape index (κ3) is 3.47. The Kier molecular flexibility index (Phi) is 5.43. The highest BCUT2D eigenvalue weighted by Crippen LogP contribution is 2.40. The number of unbranched alkanes of at least 4 members (excludes halogenated alkanes) is 1. The molecule has 0 bridgehead atoms. The molecule has 0 aromatic heterocycles. The van der Waals surface area contributed by atoms with Crippen molar-refractivity contribution in [2.24, 2.45) is 0 Å². The molecule has 0 fully saturated rings. The number of benzene rings is 2. The third-order valence-corrected chi connectivity index (χ3v) is 5.90. The van der Waals surface area contributed by atoms with Gasteiger partial charge >= 0.3 is 0 Å². The number of para-hydroxylation sites is 1. The van der Waals surface area contributed by atoms with Crippen LogP contribution in [0.15, 0.2) is 36.4 Å². The van der Waals surface area contributed by atoms with Gasteiger partial charge in [0, 0.05) is 18.3 Å². The molecule has 2 aromatic rings. The van der Waals surface area contributed by atoms with Crippen molar-refractivity contribution in [3.05, 3.63) is 47.5 Å². The molecular formula is C21H23IN2O3. The fourth-order valence-corrected chi connectivity index (χ4v) is 4.33. The smallest absolute Gasteiger partial charge is 0.260 e. The average Bonchev–Trinajstić information content (AvgIpc) is 3.01. The van der Waals surface area contributed by atoms with Crippen molar-refractivity contribution in [2.45, 2.75) is 25.3 Å². The Balaban J connectivity index is 1.65. The summed E-state index contributed by atoms with van der Waals surface area (Å²) in [5, 5.41) is 3.46. The second-order valence-corrected chi connectivity index (χ2v) is 7.91. The van der Waals surface area contributed by atoms with Crippen LogP contribution in [-0.2, 0) is 6.42 Å². The average molecular weight is 478 g/mol. The Morgan fingerprint density at radius 1 is 1.22 bits per heavy atom. The van der Waals surface area contributed by atoms with Crippen molar-refractivity contribution < 1.29 is 14.3 Å². The van der Waals surface area contributed by atoms with E-state index in [2.05, 4.69) is 34.0 Å². The first kappa shape index (κ1) is 18.4. The second kappa shape index (κ2) is 7.96. The maximum Gasteiger partial charge on any atom is 0.260 e. The van der Waals surface area contributed by atoms with Gasteiger partial charge < -0.3 is 19.7 Å². The first-order chi connectivity index (χ1) is 13.2. The fraction of sp³-hybridized carbons (Fsp3) is 0.381.